The number of aliphatic hydroxyl groups is 1. The summed E-state index contributed by atoms with van der Waals surface area (Å²) in [5.41, 5.74) is 1.23. The molecule has 8 heteroatoms. The number of nitrogens with one attached hydrogen (secondary N) is 1. The fourth-order valence-corrected chi connectivity index (χ4v) is 3.13. The topological polar surface area (TPSA) is 78.5 Å². The molecule has 1 aromatic carbocycles. The number of amides is 1. The van der Waals surface area contributed by atoms with E-state index in [4.69, 9.17) is 4.74 Å². The summed E-state index contributed by atoms with van der Waals surface area (Å²) in [5, 5.41) is 17.2. The van der Waals surface area contributed by atoms with E-state index in [-0.39, 0.29) is 24.8 Å². The fourth-order valence-electron chi connectivity index (χ4n) is 3.13. The molecule has 6 nitrogen and oxygen atoms in total. The number of β-amino-alcohol motifs (C(OH)–C–C–N with tert-alkyl or cyclic N) is 1. The van der Waals surface area contributed by atoms with Crippen LogP contribution in [0.4, 0.5) is 8.78 Å². The molecule has 1 aromatic heterocycles. The minimum Gasteiger partial charge on any atom is -0.496 e. The Kier molecular flexibility index (Phi) is 4.71. The first-order chi connectivity index (χ1) is 11.9. The molecule has 0 radical (unpaired) electrons. The van der Waals surface area contributed by atoms with Gasteiger partial charge in [-0.05, 0) is 31.5 Å². The first kappa shape index (κ1) is 17.3. The highest BCUT2D eigenvalue weighted by molar-refractivity contribution is 5.97. The number of aryl methyl sites for hydroxylation is 1. The molecule has 0 bridgehead atoms. The number of aromatic amines is 1. The SMILES string of the molecule is COc1ccc(F)c(F)c1C(=O)N1CC(O)C(Cc2cc(C)[nH]n2)C1. The molecule has 2 unspecified atom stereocenters. The summed E-state index contributed by atoms with van der Waals surface area (Å²) in [4.78, 5) is 14.0. The monoisotopic (exact) mass is 351 g/mol. The van der Waals surface area contributed by atoms with Gasteiger partial charge >= 0.3 is 0 Å². The van der Waals surface area contributed by atoms with Crippen molar-refractivity contribution >= 4 is 5.91 Å². The largest absolute Gasteiger partial charge is 0.496 e. The van der Waals surface area contributed by atoms with Gasteiger partial charge in [-0.3, -0.25) is 9.89 Å². The van der Waals surface area contributed by atoms with Gasteiger partial charge < -0.3 is 14.7 Å². The molecule has 0 spiro atoms. The van der Waals surface area contributed by atoms with Crippen molar-refractivity contribution < 1.29 is 23.4 Å². The zero-order valence-corrected chi connectivity index (χ0v) is 13.9. The summed E-state index contributed by atoms with van der Waals surface area (Å²) in [6.07, 6.45) is -0.276. The van der Waals surface area contributed by atoms with Crippen molar-refractivity contribution in [1.29, 1.82) is 0 Å². The summed E-state index contributed by atoms with van der Waals surface area (Å²) in [5.74, 6) is -3.33. The number of ether oxygens (including phenoxy) is 1. The number of aromatic nitrogens is 2. The molecule has 2 N–H and O–H groups in total. The number of likely N-dealkylation sites (tertiary alicyclic amines) is 1. The molecular weight excluding hydrogens is 332 g/mol. The van der Waals surface area contributed by atoms with E-state index in [1.807, 2.05) is 13.0 Å². The third kappa shape index (κ3) is 3.34. The van der Waals surface area contributed by atoms with Crippen LogP contribution in [0.1, 0.15) is 21.7 Å². The number of hydrogen-bond acceptors (Lipinski definition) is 4. The second-order valence-electron chi connectivity index (χ2n) is 6.22. The number of halogens is 2. The molecule has 1 aliphatic rings. The highest BCUT2D eigenvalue weighted by atomic mass is 19.2. The number of benzene rings is 1. The van der Waals surface area contributed by atoms with Crippen molar-refractivity contribution in [3.05, 3.63) is 46.8 Å². The molecule has 25 heavy (non-hydrogen) atoms. The standard InChI is InChI=1S/C17H19F2N3O3/c1-9-5-11(21-20-9)6-10-7-22(8-13(10)23)17(24)15-14(25-2)4-3-12(18)16(15)19/h3-5,10,13,23H,6-8H2,1-2H3,(H,20,21). The lowest BCUT2D eigenvalue weighted by atomic mass is 10.00. The van der Waals surface area contributed by atoms with Crippen LogP contribution in [0.2, 0.25) is 0 Å². The number of rotatable bonds is 4. The number of nitrogens with zero attached hydrogens (tertiary/aromatic N) is 2. The highest BCUT2D eigenvalue weighted by Gasteiger charge is 2.37. The van der Waals surface area contributed by atoms with Crippen molar-refractivity contribution in [3.8, 4) is 5.75 Å². The number of aliphatic hydroxyl groups excluding tert-OH is 1. The Morgan fingerprint density at radius 1 is 1.44 bits per heavy atom. The Labute approximate surface area is 143 Å². The highest BCUT2D eigenvalue weighted by Crippen LogP contribution is 2.28. The number of carbonyl (C=O) groups excluding carboxylic acids is 1. The van der Waals surface area contributed by atoms with Crippen LogP contribution in [0.3, 0.4) is 0 Å². The van der Waals surface area contributed by atoms with E-state index in [1.54, 1.807) is 0 Å². The van der Waals surface area contributed by atoms with Gasteiger partial charge in [0.15, 0.2) is 11.6 Å². The summed E-state index contributed by atoms with van der Waals surface area (Å²) in [7, 11) is 1.28. The van der Waals surface area contributed by atoms with E-state index in [0.29, 0.717) is 6.42 Å². The van der Waals surface area contributed by atoms with Gasteiger partial charge in [0, 0.05) is 24.7 Å². The number of H-pyrrole nitrogens is 1. The number of hydrogen-bond donors (Lipinski definition) is 2. The number of carbonyl (C=O) groups is 1. The molecular formula is C17H19F2N3O3. The van der Waals surface area contributed by atoms with Gasteiger partial charge in [-0.1, -0.05) is 0 Å². The predicted molar refractivity (Wildman–Crippen MR) is 85.3 cm³/mol. The third-order valence-corrected chi connectivity index (χ3v) is 4.41. The van der Waals surface area contributed by atoms with Crippen LogP contribution in [0.5, 0.6) is 5.75 Å². The predicted octanol–water partition coefficient (Wildman–Crippen LogP) is 1.68. The van der Waals surface area contributed by atoms with Gasteiger partial charge in [-0.25, -0.2) is 8.78 Å². The molecule has 0 aliphatic carbocycles. The van der Waals surface area contributed by atoms with Crippen LogP contribution >= 0.6 is 0 Å². The van der Waals surface area contributed by atoms with E-state index >= 15 is 0 Å². The average Bonchev–Trinajstić information content (AvgIpc) is 3.15. The molecule has 2 aromatic rings. The van der Waals surface area contributed by atoms with Gasteiger partial charge in [-0.2, -0.15) is 5.10 Å². The third-order valence-electron chi connectivity index (χ3n) is 4.41. The molecule has 1 fully saturated rings. The van der Waals surface area contributed by atoms with E-state index in [0.717, 1.165) is 17.5 Å². The summed E-state index contributed by atoms with van der Waals surface area (Å²) in [6.45, 7) is 2.15. The maximum absolute atomic E-state index is 14.1. The quantitative estimate of drug-likeness (QED) is 0.879. The Bertz CT molecular complexity index is 793. The fraction of sp³-hybridized carbons (Fsp3) is 0.412. The second-order valence-corrected chi connectivity index (χ2v) is 6.22. The molecule has 1 saturated heterocycles. The Hall–Kier alpha value is -2.48. The van der Waals surface area contributed by atoms with Gasteiger partial charge in [0.05, 0.1) is 18.9 Å². The van der Waals surface area contributed by atoms with Crippen molar-refractivity contribution in [3.63, 3.8) is 0 Å². The summed E-state index contributed by atoms with van der Waals surface area (Å²) in [6, 6.07) is 3.99. The Balaban J connectivity index is 1.79. The van der Waals surface area contributed by atoms with Crippen LogP contribution in [0.15, 0.2) is 18.2 Å². The van der Waals surface area contributed by atoms with Gasteiger partial charge in [-0.15, -0.1) is 0 Å². The van der Waals surface area contributed by atoms with Crippen molar-refractivity contribution in [1.82, 2.24) is 15.1 Å². The average molecular weight is 351 g/mol. The zero-order valence-electron chi connectivity index (χ0n) is 13.9. The van der Waals surface area contributed by atoms with Crippen LogP contribution in [-0.4, -0.2) is 52.4 Å². The first-order valence-corrected chi connectivity index (χ1v) is 7.91. The van der Waals surface area contributed by atoms with Crippen LogP contribution in [-0.2, 0) is 6.42 Å². The lowest BCUT2D eigenvalue weighted by Crippen LogP contribution is -2.31. The van der Waals surface area contributed by atoms with Crippen LogP contribution < -0.4 is 4.74 Å². The zero-order chi connectivity index (χ0) is 18.1. The van der Waals surface area contributed by atoms with Gasteiger partial charge in [0.25, 0.3) is 5.91 Å². The Morgan fingerprint density at radius 3 is 2.84 bits per heavy atom. The molecule has 2 atom stereocenters. The van der Waals surface area contributed by atoms with Crippen LogP contribution in [0.25, 0.3) is 0 Å². The van der Waals surface area contributed by atoms with Gasteiger partial charge in [0.2, 0.25) is 0 Å². The summed E-state index contributed by atoms with van der Waals surface area (Å²) < 4.78 is 32.6. The Morgan fingerprint density at radius 2 is 2.20 bits per heavy atom. The minimum atomic E-state index is -1.25. The normalized spacial score (nSPS) is 20.1. The number of methoxy groups -OCH3 is 1. The van der Waals surface area contributed by atoms with Crippen LogP contribution in [0, 0.1) is 24.5 Å². The molecule has 1 amide bonds. The van der Waals surface area contributed by atoms with Crippen molar-refractivity contribution in [2.45, 2.75) is 19.4 Å². The molecule has 1 aliphatic heterocycles. The molecule has 134 valence electrons. The maximum Gasteiger partial charge on any atom is 0.260 e. The first-order valence-electron chi connectivity index (χ1n) is 7.91. The van der Waals surface area contributed by atoms with Crippen molar-refractivity contribution in [2.24, 2.45) is 5.92 Å². The molecule has 0 saturated carbocycles. The van der Waals surface area contributed by atoms with E-state index in [2.05, 4.69) is 10.2 Å². The summed E-state index contributed by atoms with van der Waals surface area (Å²) >= 11 is 0. The van der Waals surface area contributed by atoms with E-state index in [1.165, 1.54) is 18.1 Å². The lowest BCUT2D eigenvalue weighted by molar-refractivity contribution is 0.0755. The van der Waals surface area contributed by atoms with E-state index in [9.17, 15) is 18.7 Å². The maximum atomic E-state index is 14.1. The second kappa shape index (κ2) is 6.79. The molecule has 3 rings (SSSR count). The van der Waals surface area contributed by atoms with Gasteiger partial charge in [0.1, 0.15) is 11.3 Å². The van der Waals surface area contributed by atoms with E-state index < -0.39 is 29.2 Å². The smallest absolute Gasteiger partial charge is 0.260 e. The minimum absolute atomic E-state index is 0.0373. The van der Waals surface area contributed by atoms with Crippen molar-refractivity contribution in [2.75, 3.05) is 20.2 Å². The molecule has 2 heterocycles. The lowest BCUT2D eigenvalue weighted by Gasteiger charge is -2.18.